The Labute approximate surface area is 131 Å². The summed E-state index contributed by atoms with van der Waals surface area (Å²) in [6, 6.07) is -2.41. The van der Waals surface area contributed by atoms with E-state index in [1.54, 1.807) is 0 Å². The lowest BCUT2D eigenvalue weighted by molar-refractivity contribution is -0.143. The van der Waals surface area contributed by atoms with Crippen molar-refractivity contribution in [3.8, 4) is 0 Å². The van der Waals surface area contributed by atoms with Crippen LogP contribution in [0, 0.1) is 0 Å². The van der Waals surface area contributed by atoms with Crippen LogP contribution >= 0.6 is 0 Å². The minimum atomic E-state index is -1.39. The molecule has 3 amide bonds. The summed E-state index contributed by atoms with van der Waals surface area (Å²) in [4.78, 5) is 54.9. The van der Waals surface area contributed by atoms with E-state index in [0.717, 1.165) is 0 Å². The average Bonchev–Trinajstić information content (AvgIpc) is 2.45. The van der Waals surface area contributed by atoms with Gasteiger partial charge in [0, 0.05) is 12.8 Å². The molecule has 0 spiro atoms. The summed E-state index contributed by atoms with van der Waals surface area (Å²) < 4.78 is 0. The molecule has 0 aliphatic heterocycles. The quantitative estimate of drug-likeness (QED) is 0.231. The maximum Gasteiger partial charge on any atom is 0.326 e. The first-order chi connectivity index (χ1) is 10.6. The van der Waals surface area contributed by atoms with Crippen molar-refractivity contribution in [3.05, 3.63) is 0 Å². The molecular formula is C12H20N4O7. The number of carbonyl (C=O) groups excluding carboxylic acids is 3. The largest absolute Gasteiger partial charge is 0.481 e. The van der Waals surface area contributed by atoms with Crippen LogP contribution in [0.1, 0.15) is 25.7 Å². The molecule has 0 bridgehead atoms. The van der Waals surface area contributed by atoms with Gasteiger partial charge in [0.1, 0.15) is 6.04 Å². The number of nitrogens with two attached hydrogens (primary N) is 2. The number of aliphatic carboxylic acids is 2. The molecule has 0 aliphatic rings. The molecule has 0 heterocycles. The van der Waals surface area contributed by atoms with Crippen LogP contribution in [0.2, 0.25) is 0 Å². The summed E-state index contributed by atoms with van der Waals surface area (Å²) >= 11 is 0. The fraction of sp³-hybridized carbons (Fsp3) is 0.583. The number of nitrogens with one attached hydrogen (secondary N) is 2. The second-order valence-electron chi connectivity index (χ2n) is 4.72. The first-order valence-corrected chi connectivity index (χ1v) is 6.69. The molecule has 0 unspecified atom stereocenters. The predicted octanol–water partition coefficient (Wildman–Crippen LogP) is -2.87. The molecule has 0 aromatic heterocycles. The maximum absolute atomic E-state index is 11.5. The lowest BCUT2D eigenvalue weighted by Gasteiger charge is -2.15. The van der Waals surface area contributed by atoms with E-state index in [1.165, 1.54) is 0 Å². The molecule has 2 atom stereocenters. The number of carboxylic acids is 2. The normalized spacial score (nSPS) is 12.7. The van der Waals surface area contributed by atoms with Crippen LogP contribution in [-0.4, -0.2) is 58.5 Å². The average molecular weight is 332 g/mol. The second kappa shape index (κ2) is 10.1. The third-order valence-corrected chi connectivity index (χ3v) is 2.74. The van der Waals surface area contributed by atoms with Crippen molar-refractivity contribution in [3.63, 3.8) is 0 Å². The molecule has 23 heavy (non-hydrogen) atoms. The summed E-state index contributed by atoms with van der Waals surface area (Å²) in [5.74, 6) is -4.70. The molecule has 11 heteroatoms. The number of rotatable bonds is 11. The first kappa shape index (κ1) is 20.3. The Morgan fingerprint density at radius 2 is 1.61 bits per heavy atom. The minimum absolute atomic E-state index is 0.0130. The molecule has 0 aromatic rings. The van der Waals surface area contributed by atoms with Crippen molar-refractivity contribution in [1.29, 1.82) is 0 Å². The molecule has 11 nitrogen and oxygen atoms in total. The Bertz CT molecular complexity index is 480. The number of amides is 3. The Balaban J connectivity index is 4.25. The van der Waals surface area contributed by atoms with Crippen LogP contribution in [0.25, 0.3) is 0 Å². The zero-order valence-electron chi connectivity index (χ0n) is 12.3. The topological polar surface area (TPSA) is 202 Å². The van der Waals surface area contributed by atoms with E-state index >= 15 is 0 Å². The Kier molecular flexibility index (Phi) is 8.92. The number of primary amides is 1. The van der Waals surface area contributed by atoms with Gasteiger partial charge in [-0.2, -0.15) is 0 Å². The smallest absolute Gasteiger partial charge is 0.326 e. The third kappa shape index (κ3) is 9.79. The molecular weight excluding hydrogens is 312 g/mol. The lowest BCUT2D eigenvalue weighted by atomic mass is 10.1. The monoisotopic (exact) mass is 332 g/mol. The van der Waals surface area contributed by atoms with Gasteiger partial charge in [0.15, 0.2) is 0 Å². The summed E-state index contributed by atoms with van der Waals surface area (Å²) in [6.45, 7) is -0.528. The zero-order valence-corrected chi connectivity index (χ0v) is 12.3. The molecule has 8 N–H and O–H groups in total. The second-order valence-corrected chi connectivity index (χ2v) is 4.72. The van der Waals surface area contributed by atoms with Gasteiger partial charge in [-0.15, -0.1) is 0 Å². The van der Waals surface area contributed by atoms with E-state index in [1.807, 2.05) is 0 Å². The first-order valence-electron chi connectivity index (χ1n) is 6.69. The molecule has 0 fully saturated rings. The van der Waals surface area contributed by atoms with Gasteiger partial charge in [0.25, 0.3) is 0 Å². The van der Waals surface area contributed by atoms with Crippen LogP contribution in [0.5, 0.6) is 0 Å². The number of hydrogen-bond acceptors (Lipinski definition) is 6. The van der Waals surface area contributed by atoms with Crippen molar-refractivity contribution < 1.29 is 34.2 Å². The Morgan fingerprint density at radius 3 is 2.09 bits per heavy atom. The molecule has 0 aliphatic carbocycles. The van der Waals surface area contributed by atoms with Crippen LogP contribution in [-0.2, 0) is 24.0 Å². The van der Waals surface area contributed by atoms with Crippen molar-refractivity contribution in [2.75, 3.05) is 6.54 Å². The minimum Gasteiger partial charge on any atom is -0.481 e. The van der Waals surface area contributed by atoms with Gasteiger partial charge in [-0.3, -0.25) is 19.2 Å². The van der Waals surface area contributed by atoms with Gasteiger partial charge in [-0.25, -0.2) is 4.79 Å². The van der Waals surface area contributed by atoms with Crippen LogP contribution < -0.4 is 22.1 Å². The molecule has 0 radical (unpaired) electrons. The Morgan fingerprint density at radius 1 is 1.00 bits per heavy atom. The summed E-state index contributed by atoms with van der Waals surface area (Å²) in [5.41, 5.74) is 10.4. The van der Waals surface area contributed by atoms with Gasteiger partial charge in [0.2, 0.25) is 17.7 Å². The molecule has 0 rings (SSSR count). The number of hydrogen-bond donors (Lipinski definition) is 6. The van der Waals surface area contributed by atoms with E-state index in [2.05, 4.69) is 10.6 Å². The fourth-order valence-corrected chi connectivity index (χ4v) is 1.50. The predicted molar refractivity (Wildman–Crippen MR) is 75.8 cm³/mol. The van der Waals surface area contributed by atoms with E-state index in [0.29, 0.717) is 0 Å². The molecule has 0 saturated heterocycles. The van der Waals surface area contributed by atoms with Crippen molar-refractivity contribution in [1.82, 2.24) is 10.6 Å². The number of carbonyl (C=O) groups is 5. The molecule has 0 aromatic carbocycles. The SMILES string of the molecule is NC(=O)CC[C@H](N)C(=O)NCC(=O)N[C@@H](CCC(=O)O)C(=O)O. The van der Waals surface area contributed by atoms with Crippen LogP contribution in [0.15, 0.2) is 0 Å². The summed E-state index contributed by atoms with van der Waals surface area (Å²) in [6.07, 6.45) is -0.791. The molecule has 0 saturated carbocycles. The highest BCUT2D eigenvalue weighted by molar-refractivity contribution is 5.89. The van der Waals surface area contributed by atoms with Crippen molar-refractivity contribution in [2.45, 2.75) is 37.8 Å². The third-order valence-electron chi connectivity index (χ3n) is 2.74. The maximum atomic E-state index is 11.5. The Hall–Kier alpha value is -2.69. The van der Waals surface area contributed by atoms with Gasteiger partial charge >= 0.3 is 11.9 Å². The van der Waals surface area contributed by atoms with Gasteiger partial charge in [-0.1, -0.05) is 0 Å². The highest BCUT2D eigenvalue weighted by Gasteiger charge is 2.21. The molecule has 130 valence electrons. The highest BCUT2D eigenvalue weighted by Crippen LogP contribution is 1.98. The van der Waals surface area contributed by atoms with Crippen molar-refractivity contribution in [2.24, 2.45) is 11.5 Å². The van der Waals surface area contributed by atoms with E-state index in [-0.39, 0.29) is 19.3 Å². The van der Waals surface area contributed by atoms with E-state index in [4.69, 9.17) is 21.7 Å². The fourth-order valence-electron chi connectivity index (χ4n) is 1.50. The zero-order chi connectivity index (χ0) is 18.0. The lowest BCUT2D eigenvalue weighted by Crippen LogP contribution is -2.48. The van der Waals surface area contributed by atoms with Crippen LogP contribution in [0.3, 0.4) is 0 Å². The van der Waals surface area contributed by atoms with E-state index < -0.39 is 54.7 Å². The van der Waals surface area contributed by atoms with Gasteiger partial charge < -0.3 is 32.3 Å². The standard InChI is InChI=1S/C12H20N4O7/c13-6(1-3-8(14)17)11(21)15-5-9(18)16-7(12(22)23)2-4-10(19)20/h6-7H,1-5,13H2,(H2,14,17)(H,15,21)(H,16,18)(H,19,20)(H,22,23)/t6-,7-/m0/s1. The van der Waals surface area contributed by atoms with Gasteiger partial charge in [0.05, 0.1) is 12.6 Å². The van der Waals surface area contributed by atoms with Crippen molar-refractivity contribution >= 4 is 29.7 Å². The van der Waals surface area contributed by atoms with Gasteiger partial charge in [-0.05, 0) is 12.8 Å². The summed E-state index contributed by atoms with van der Waals surface area (Å²) in [5, 5.41) is 21.6. The number of carboxylic acid groups (broad SMARTS) is 2. The van der Waals surface area contributed by atoms with Crippen LogP contribution in [0.4, 0.5) is 0 Å². The highest BCUT2D eigenvalue weighted by atomic mass is 16.4. The van der Waals surface area contributed by atoms with E-state index in [9.17, 15) is 24.0 Å². The summed E-state index contributed by atoms with van der Waals surface area (Å²) in [7, 11) is 0.